The van der Waals surface area contributed by atoms with Crippen molar-refractivity contribution in [3.8, 4) is 0 Å². The topological polar surface area (TPSA) is 59.1 Å². The van der Waals surface area contributed by atoms with Crippen LogP contribution in [0.5, 0.6) is 0 Å². The van der Waals surface area contributed by atoms with E-state index in [4.69, 9.17) is 11.6 Å². The van der Waals surface area contributed by atoms with Crippen molar-refractivity contribution in [1.82, 2.24) is 4.98 Å². The van der Waals surface area contributed by atoms with E-state index < -0.39 is 9.84 Å². The number of rotatable bonds is 5. The number of anilines is 1. The van der Waals surface area contributed by atoms with Gasteiger partial charge in [0.2, 0.25) is 0 Å². The Morgan fingerprint density at radius 3 is 2.71 bits per heavy atom. The molecule has 0 fully saturated rings. The maximum absolute atomic E-state index is 11.4. The standard InChI is InChI=1S/C11H17ClN2O2S/c1-4-17(15,16)7-9(3)14-10-5-8(2)11(12)13-6-10/h5-6,9,14H,4,7H2,1-3H3. The lowest BCUT2D eigenvalue weighted by Crippen LogP contribution is -2.26. The Hall–Kier alpha value is -0.810. The van der Waals surface area contributed by atoms with E-state index in [1.54, 1.807) is 13.1 Å². The maximum Gasteiger partial charge on any atom is 0.152 e. The largest absolute Gasteiger partial charge is 0.380 e. The van der Waals surface area contributed by atoms with Crippen LogP contribution >= 0.6 is 11.6 Å². The van der Waals surface area contributed by atoms with Gasteiger partial charge >= 0.3 is 0 Å². The molecule has 1 aromatic rings. The van der Waals surface area contributed by atoms with Gasteiger partial charge in [-0.15, -0.1) is 0 Å². The number of aryl methyl sites for hydroxylation is 1. The van der Waals surface area contributed by atoms with Crippen molar-refractivity contribution in [2.24, 2.45) is 0 Å². The van der Waals surface area contributed by atoms with Gasteiger partial charge in [-0.05, 0) is 25.5 Å². The van der Waals surface area contributed by atoms with Crippen LogP contribution in [0, 0.1) is 6.92 Å². The number of nitrogens with one attached hydrogen (secondary N) is 1. The summed E-state index contributed by atoms with van der Waals surface area (Å²) in [6.45, 7) is 5.33. The van der Waals surface area contributed by atoms with E-state index >= 15 is 0 Å². The molecule has 0 aliphatic heterocycles. The molecular weight excluding hydrogens is 260 g/mol. The first-order valence-electron chi connectivity index (χ1n) is 5.43. The Labute approximate surface area is 107 Å². The Balaban J connectivity index is 2.68. The predicted molar refractivity (Wildman–Crippen MR) is 71.4 cm³/mol. The van der Waals surface area contributed by atoms with E-state index in [-0.39, 0.29) is 17.5 Å². The Morgan fingerprint density at radius 1 is 1.53 bits per heavy atom. The average molecular weight is 277 g/mol. The van der Waals surface area contributed by atoms with Gasteiger partial charge in [0.1, 0.15) is 5.15 Å². The fraction of sp³-hybridized carbons (Fsp3) is 0.545. The summed E-state index contributed by atoms with van der Waals surface area (Å²) in [4.78, 5) is 4.00. The first-order valence-corrected chi connectivity index (χ1v) is 7.63. The molecule has 0 aliphatic rings. The summed E-state index contributed by atoms with van der Waals surface area (Å²) in [5.41, 5.74) is 1.65. The molecule has 1 N–H and O–H groups in total. The maximum atomic E-state index is 11.4. The lowest BCUT2D eigenvalue weighted by atomic mass is 10.3. The highest BCUT2D eigenvalue weighted by molar-refractivity contribution is 7.91. The number of halogens is 1. The fourth-order valence-corrected chi connectivity index (χ4v) is 2.65. The molecule has 0 amide bonds. The molecule has 0 saturated carbocycles. The van der Waals surface area contributed by atoms with Gasteiger partial charge in [-0.2, -0.15) is 0 Å². The van der Waals surface area contributed by atoms with Crippen LogP contribution in [-0.4, -0.2) is 30.9 Å². The van der Waals surface area contributed by atoms with Crippen molar-refractivity contribution in [3.63, 3.8) is 0 Å². The molecule has 0 saturated heterocycles. The van der Waals surface area contributed by atoms with Crippen molar-refractivity contribution >= 4 is 27.1 Å². The minimum absolute atomic E-state index is 0.116. The van der Waals surface area contributed by atoms with Crippen molar-refractivity contribution < 1.29 is 8.42 Å². The normalized spacial score (nSPS) is 13.4. The van der Waals surface area contributed by atoms with Gasteiger partial charge in [0.25, 0.3) is 0 Å². The second-order valence-electron chi connectivity index (χ2n) is 4.08. The van der Waals surface area contributed by atoms with E-state index in [9.17, 15) is 8.42 Å². The molecule has 96 valence electrons. The van der Waals surface area contributed by atoms with E-state index in [2.05, 4.69) is 10.3 Å². The van der Waals surface area contributed by atoms with E-state index in [1.165, 1.54) is 0 Å². The van der Waals surface area contributed by atoms with Crippen molar-refractivity contribution in [2.45, 2.75) is 26.8 Å². The summed E-state index contributed by atoms with van der Waals surface area (Å²) in [7, 11) is -2.97. The molecule has 0 aromatic carbocycles. The van der Waals surface area contributed by atoms with Crippen LogP contribution in [0.4, 0.5) is 5.69 Å². The van der Waals surface area contributed by atoms with Crippen LogP contribution < -0.4 is 5.32 Å². The quantitative estimate of drug-likeness (QED) is 0.838. The molecule has 1 unspecified atom stereocenters. The van der Waals surface area contributed by atoms with Crippen LogP contribution in [0.25, 0.3) is 0 Å². The summed E-state index contributed by atoms with van der Waals surface area (Å²) in [5, 5.41) is 3.56. The molecule has 17 heavy (non-hydrogen) atoms. The Bertz CT molecular complexity index is 488. The van der Waals surface area contributed by atoms with Crippen LogP contribution in [0.2, 0.25) is 5.15 Å². The molecule has 1 heterocycles. The molecule has 0 spiro atoms. The molecule has 6 heteroatoms. The van der Waals surface area contributed by atoms with E-state index in [0.29, 0.717) is 5.15 Å². The zero-order valence-corrected chi connectivity index (χ0v) is 11.8. The van der Waals surface area contributed by atoms with Gasteiger partial charge < -0.3 is 5.32 Å². The van der Waals surface area contributed by atoms with Gasteiger partial charge in [0, 0.05) is 11.8 Å². The number of hydrogen-bond donors (Lipinski definition) is 1. The highest BCUT2D eigenvalue weighted by Gasteiger charge is 2.13. The second kappa shape index (κ2) is 5.69. The number of hydrogen-bond acceptors (Lipinski definition) is 4. The predicted octanol–water partition coefficient (Wildman–Crippen LogP) is 2.28. The van der Waals surface area contributed by atoms with Gasteiger partial charge in [-0.1, -0.05) is 18.5 Å². The smallest absolute Gasteiger partial charge is 0.152 e. The third kappa shape index (κ3) is 4.52. The summed E-state index contributed by atoms with van der Waals surface area (Å²) in [6.07, 6.45) is 1.60. The zero-order chi connectivity index (χ0) is 13.1. The number of pyridine rings is 1. The van der Waals surface area contributed by atoms with Crippen molar-refractivity contribution in [2.75, 3.05) is 16.8 Å². The average Bonchev–Trinajstić information content (AvgIpc) is 2.23. The van der Waals surface area contributed by atoms with Crippen LogP contribution in [0.3, 0.4) is 0 Å². The highest BCUT2D eigenvalue weighted by Crippen LogP contribution is 2.16. The summed E-state index contributed by atoms with van der Waals surface area (Å²) in [5.74, 6) is 0.280. The monoisotopic (exact) mass is 276 g/mol. The molecule has 4 nitrogen and oxygen atoms in total. The third-order valence-corrected chi connectivity index (χ3v) is 4.65. The van der Waals surface area contributed by atoms with Crippen LogP contribution in [0.1, 0.15) is 19.4 Å². The summed E-state index contributed by atoms with van der Waals surface area (Å²) >= 11 is 5.81. The molecule has 1 aromatic heterocycles. The first-order chi connectivity index (χ1) is 7.84. The molecule has 0 bridgehead atoms. The number of nitrogens with zero attached hydrogens (tertiary/aromatic N) is 1. The van der Waals surface area contributed by atoms with Crippen LogP contribution in [0.15, 0.2) is 12.3 Å². The molecule has 0 radical (unpaired) electrons. The molecule has 1 rings (SSSR count). The molecule has 0 aliphatic carbocycles. The lowest BCUT2D eigenvalue weighted by molar-refractivity contribution is 0.593. The summed E-state index contributed by atoms with van der Waals surface area (Å²) in [6, 6.07) is 1.70. The van der Waals surface area contributed by atoms with Crippen LogP contribution in [-0.2, 0) is 9.84 Å². The van der Waals surface area contributed by atoms with Gasteiger partial charge in [0.05, 0.1) is 17.6 Å². The minimum atomic E-state index is -2.97. The van der Waals surface area contributed by atoms with E-state index in [0.717, 1.165) is 11.3 Å². The number of sulfone groups is 1. The van der Waals surface area contributed by atoms with Crippen molar-refractivity contribution in [3.05, 3.63) is 23.0 Å². The first kappa shape index (κ1) is 14.3. The molecular formula is C11H17ClN2O2S. The Kier molecular flexibility index (Phi) is 4.77. The minimum Gasteiger partial charge on any atom is -0.380 e. The lowest BCUT2D eigenvalue weighted by Gasteiger charge is -2.15. The highest BCUT2D eigenvalue weighted by atomic mass is 35.5. The number of aromatic nitrogens is 1. The van der Waals surface area contributed by atoms with Gasteiger partial charge in [-0.3, -0.25) is 0 Å². The zero-order valence-electron chi connectivity index (χ0n) is 10.2. The summed E-state index contributed by atoms with van der Waals surface area (Å²) < 4.78 is 22.9. The van der Waals surface area contributed by atoms with Gasteiger partial charge in [-0.25, -0.2) is 13.4 Å². The Morgan fingerprint density at radius 2 is 2.18 bits per heavy atom. The molecule has 1 atom stereocenters. The van der Waals surface area contributed by atoms with Crippen molar-refractivity contribution in [1.29, 1.82) is 0 Å². The third-order valence-electron chi connectivity index (χ3n) is 2.37. The van der Waals surface area contributed by atoms with E-state index in [1.807, 2.05) is 19.9 Å². The van der Waals surface area contributed by atoms with Gasteiger partial charge in [0.15, 0.2) is 9.84 Å². The second-order valence-corrected chi connectivity index (χ2v) is 6.83. The SMILES string of the molecule is CCS(=O)(=O)CC(C)Nc1cnc(Cl)c(C)c1. The fourth-order valence-electron chi connectivity index (χ4n) is 1.46.